The second-order valence-corrected chi connectivity index (χ2v) is 7.01. The van der Waals surface area contributed by atoms with E-state index in [0.29, 0.717) is 44.9 Å². The fourth-order valence-corrected chi connectivity index (χ4v) is 3.48. The first-order valence-corrected chi connectivity index (χ1v) is 9.79. The van der Waals surface area contributed by atoms with E-state index < -0.39 is 0 Å². The molecule has 0 saturated carbocycles. The summed E-state index contributed by atoms with van der Waals surface area (Å²) in [5.74, 6) is 0.787. The molecule has 5 rings (SSSR count). The van der Waals surface area contributed by atoms with E-state index in [9.17, 15) is 9.18 Å². The fourth-order valence-electron chi connectivity index (χ4n) is 3.16. The average molecular weight is 408 g/mol. The van der Waals surface area contributed by atoms with Crippen molar-refractivity contribution in [1.82, 2.24) is 39.3 Å². The minimum absolute atomic E-state index is 0.293. The number of rotatable bonds is 3. The van der Waals surface area contributed by atoms with Gasteiger partial charge in [0.2, 0.25) is 11.1 Å². The third-order valence-corrected chi connectivity index (χ3v) is 4.96. The predicted octanol–water partition coefficient (Wildman–Crippen LogP) is 2.38. The van der Waals surface area contributed by atoms with E-state index in [1.54, 1.807) is 31.3 Å². The Hall–Kier alpha value is -3.60. The zero-order chi connectivity index (χ0) is 20.1. The lowest BCUT2D eigenvalue weighted by Gasteiger charge is -2.10. The molecule has 0 fully saturated rings. The van der Waals surface area contributed by atoms with Crippen LogP contribution in [-0.4, -0.2) is 45.6 Å². The summed E-state index contributed by atoms with van der Waals surface area (Å²) in [6, 6.07) is 7.56. The van der Waals surface area contributed by atoms with Crippen molar-refractivity contribution >= 4 is 28.4 Å². The standard InChI is InChI=1S/C18H13FN8OS/c1-9-20-16-21-12-7-8-26(17-22-18(29-2)24-23-17)15(28)13(12)14(27(16)25-9)10-3-5-11(19)6-4-10/h3-8H,1-2H3,(H,22,23,24). The Balaban J connectivity index is 1.90. The van der Waals surface area contributed by atoms with Crippen LogP contribution in [-0.2, 0) is 0 Å². The van der Waals surface area contributed by atoms with Crippen LogP contribution < -0.4 is 5.56 Å². The summed E-state index contributed by atoms with van der Waals surface area (Å²) in [6.45, 7) is 1.74. The first kappa shape index (κ1) is 17.5. The SMILES string of the molecule is CSc1n[nH]c(-n2ccc3nc4nc(C)nn4c(-c4ccc(F)cc4)c3c2=O)n1. The molecule has 0 unspecified atom stereocenters. The number of hydrogen-bond acceptors (Lipinski definition) is 7. The molecule has 0 aliphatic rings. The van der Waals surface area contributed by atoms with Crippen molar-refractivity contribution in [2.24, 2.45) is 0 Å². The Morgan fingerprint density at radius 3 is 2.62 bits per heavy atom. The van der Waals surface area contributed by atoms with Gasteiger partial charge in [-0.25, -0.2) is 14.5 Å². The van der Waals surface area contributed by atoms with Crippen molar-refractivity contribution in [3.05, 3.63) is 58.5 Å². The van der Waals surface area contributed by atoms with Crippen LogP contribution in [0.2, 0.25) is 0 Å². The molecule has 0 spiro atoms. The molecular weight excluding hydrogens is 395 g/mol. The van der Waals surface area contributed by atoms with Crippen LogP contribution in [0.25, 0.3) is 33.9 Å². The van der Waals surface area contributed by atoms with Gasteiger partial charge in [0.15, 0.2) is 0 Å². The molecule has 0 atom stereocenters. The fraction of sp³-hybridized carbons (Fsp3) is 0.111. The van der Waals surface area contributed by atoms with E-state index in [2.05, 4.69) is 30.2 Å². The summed E-state index contributed by atoms with van der Waals surface area (Å²) < 4.78 is 16.4. The van der Waals surface area contributed by atoms with Gasteiger partial charge < -0.3 is 0 Å². The maximum Gasteiger partial charge on any atom is 0.269 e. The first-order valence-electron chi connectivity index (χ1n) is 8.56. The summed E-state index contributed by atoms with van der Waals surface area (Å²) in [5, 5.41) is 12.0. The third-order valence-electron chi connectivity index (χ3n) is 4.42. The van der Waals surface area contributed by atoms with Crippen molar-refractivity contribution in [2.45, 2.75) is 12.1 Å². The Morgan fingerprint density at radius 1 is 1.10 bits per heavy atom. The van der Waals surface area contributed by atoms with Gasteiger partial charge in [0.25, 0.3) is 11.3 Å². The number of aromatic amines is 1. The molecular formula is C18H13FN8OS. The second kappa shape index (κ2) is 6.48. The highest BCUT2D eigenvalue weighted by Crippen LogP contribution is 2.26. The van der Waals surface area contributed by atoms with Crippen LogP contribution in [0.3, 0.4) is 0 Å². The van der Waals surface area contributed by atoms with Gasteiger partial charge in [0, 0.05) is 11.8 Å². The van der Waals surface area contributed by atoms with E-state index in [-0.39, 0.29) is 11.4 Å². The highest BCUT2D eigenvalue weighted by atomic mass is 32.2. The van der Waals surface area contributed by atoms with Crippen molar-refractivity contribution in [1.29, 1.82) is 0 Å². The number of benzene rings is 1. The number of thioether (sulfide) groups is 1. The Morgan fingerprint density at radius 2 is 1.90 bits per heavy atom. The number of pyridine rings is 1. The normalized spacial score (nSPS) is 11.6. The Kier molecular flexibility index (Phi) is 3.91. The zero-order valence-electron chi connectivity index (χ0n) is 15.3. The lowest BCUT2D eigenvalue weighted by molar-refractivity contribution is 0.628. The minimum atomic E-state index is -0.373. The van der Waals surface area contributed by atoms with Gasteiger partial charge >= 0.3 is 0 Å². The van der Waals surface area contributed by atoms with Crippen molar-refractivity contribution in [3.63, 3.8) is 0 Å². The Bertz CT molecular complexity index is 1440. The number of nitrogens with zero attached hydrogens (tertiary/aromatic N) is 7. The molecule has 1 aromatic carbocycles. The molecule has 0 amide bonds. The summed E-state index contributed by atoms with van der Waals surface area (Å²) in [7, 11) is 0. The molecule has 144 valence electrons. The quantitative estimate of drug-likeness (QED) is 0.457. The highest BCUT2D eigenvalue weighted by Gasteiger charge is 2.19. The molecule has 5 aromatic rings. The molecule has 1 N–H and O–H groups in total. The minimum Gasteiger partial charge on any atom is -0.268 e. The summed E-state index contributed by atoms with van der Waals surface area (Å²) in [6.07, 6.45) is 3.42. The number of halogens is 1. The van der Waals surface area contributed by atoms with E-state index in [1.165, 1.54) is 33.0 Å². The van der Waals surface area contributed by atoms with Crippen LogP contribution in [0.15, 0.2) is 46.5 Å². The van der Waals surface area contributed by atoms with Gasteiger partial charge in [-0.3, -0.25) is 9.36 Å². The summed E-state index contributed by atoms with van der Waals surface area (Å²) >= 11 is 1.36. The van der Waals surface area contributed by atoms with Crippen LogP contribution in [0.5, 0.6) is 0 Å². The monoisotopic (exact) mass is 408 g/mol. The zero-order valence-corrected chi connectivity index (χ0v) is 16.1. The van der Waals surface area contributed by atoms with Gasteiger partial charge in [-0.15, -0.1) is 10.2 Å². The van der Waals surface area contributed by atoms with Gasteiger partial charge in [0.1, 0.15) is 11.6 Å². The summed E-state index contributed by atoms with van der Waals surface area (Å²) in [4.78, 5) is 26.5. The lowest BCUT2D eigenvalue weighted by Crippen LogP contribution is -2.21. The molecule has 0 radical (unpaired) electrons. The number of H-pyrrole nitrogens is 1. The Labute approximate surface area is 166 Å². The van der Waals surface area contributed by atoms with Gasteiger partial charge in [-0.2, -0.15) is 14.5 Å². The molecule has 29 heavy (non-hydrogen) atoms. The van der Waals surface area contributed by atoms with Crippen molar-refractivity contribution in [2.75, 3.05) is 6.26 Å². The molecule has 9 nitrogen and oxygen atoms in total. The van der Waals surface area contributed by atoms with E-state index in [0.717, 1.165) is 0 Å². The number of nitrogens with one attached hydrogen (secondary N) is 1. The third kappa shape index (κ3) is 2.78. The molecule has 0 aliphatic heterocycles. The second-order valence-electron chi connectivity index (χ2n) is 6.23. The molecule has 0 saturated heterocycles. The average Bonchev–Trinajstić information content (AvgIpc) is 3.33. The topological polar surface area (TPSA) is 107 Å². The van der Waals surface area contributed by atoms with Gasteiger partial charge in [-0.1, -0.05) is 11.8 Å². The smallest absolute Gasteiger partial charge is 0.268 e. The molecule has 4 heterocycles. The number of aryl methyl sites for hydroxylation is 1. The summed E-state index contributed by atoms with van der Waals surface area (Å²) in [5.41, 5.74) is 1.20. The maximum atomic E-state index is 13.5. The van der Waals surface area contributed by atoms with Crippen LogP contribution in [0.4, 0.5) is 4.39 Å². The number of hydrogen-bond donors (Lipinski definition) is 1. The van der Waals surface area contributed by atoms with Crippen LogP contribution in [0.1, 0.15) is 5.82 Å². The van der Waals surface area contributed by atoms with E-state index in [4.69, 9.17) is 0 Å². The van der Waals surface area contributed by atoms with Crippen LogP contribution in [0, 0.1) is 12.7 Å². The molecule has 4 aromatic heterocycles. The molecule has 0 aliphatic carbocycles. The lowest BCUT2D eigenvalue weighted by atomic mass is 10.1. The van der Waals surface area contributed by atoms with Crippen LogP contribution >= 0.6 is 11.8 Å². The van der Waals surface area contributed by atoms with Crippen molar-refractivity contribution < 1.29 is 4.39 Å². The predicted molar refractivity (Wildman–Crippen MR) is 106 cm³/mol. The largest absolute Gasteiger partial charge is 0.269 e. The number of fused-ring (bicyclic) bond motifs is 2. The first-order chi connectivity index (χ1) is 14.0. The molecule has 11 heteroatoms. The maximum absolute atomic E-state index is 13.5. The highest BCUT2D eigenvalue weighted by molar-refractivity contribution is 7.98. The van der Waals surface area contributed by atoms with E-state index in [1.807, 2.05) is 6.26 Å². The van der Waals surface area contributed by atoms with Gasteiger partial charge in [-0.05, 0) is 43.5 Å². The molecule has 0 bridgehead atoms. The van der Waals surface area contributed by atoms with Gasteiger partial charge in [0.05, 0.1) is 16.6 Å². The van der Waals surface area contributed by atoms with E-state index >= 15 is 0 Å². The number of aromatic nitrogens is 8. The van der Waals surface area contributed by atoms with Crippen molar-refractivity contribution in [3.8, 4) is 17.2 Å².